The van der Waals surface area contributed by atoms with E-state index in [2.05, 4.69) is 5.32 Å². The molecule has 0 bridgehead atoms. The van der Waals surface area contributed by atoms with Crippen LogP contribution in [0.5, 0.6) is 0 Å². The van der Waals surface area contributed by atoms with E-state index < -0.39 is 6.04 Å². The minimum absolute atomic E-state index is 0.0578. The predicted molar refractivity (Wildman–Crippen MR) is 64.3 cm³/mol. The summed E-state index contributed by atoms with van der Waals surface area (Å²) in [6, 6.07) is 6.81. The second-order valence-corrected chi connectivity index (χ2v) is 3.62. The molecule has 6 N–H and O–H groups in total. The van der Waals surface area contributed by atoms with Crippen LogP contribution in [0.3, 0.4) is 0 Å². The lowest BCUT2D eigenvalue weighted by atomic mass is 10.0. The molecule has 0 radical (unpaired) electrons. The van der Waals surface area contributed by atoms with Crippen LogP contribution in [-0.4, -0.2) is 17.8 Å². The van der Waals surface area contributed by atoms with Crippen molar-refractivity contribution in [2.45, 2.75) is 19.4 Å². The van der Waals surface area contributed by atoms with Crippen molar-refractivity contribution in [1.29, 1.82) is 5.41 Å². The van der Waals surface area contributed by atoms with E-state index in [9.17, 15) is 4.79 Å². The molecule has 1 rings (SSSR count). The molecular formula is C11H16N4O. The van der Waals surface area contributed by atoms with E-state index in [-0.39, 0.29) is 11.7 Å². The van der Waals surface area contributed by atoms with Crippen LogP contribution in [0.4, 0.5) is 5.69 Å². The van der Waals surface area contributed by atoms with Crippen LogP contribution in [0, 0.1) is 5.41 Å². The molecule has 0 heterocycles. The maximum atomic E-state index is 11.1. The van der Waals surface area contributed by atoms with E-state index in [1.165, 1.54) is 6.92 Å². The lowest BCUT2D eigenvalue weighted by Crippen LogP contribution is -2.31. The summed E-state index contributed by atoms with van der Waals surface area (Å²) in [5, 5.41) is 9.88. The fraction of sp³-hybridized carbons (Fsp3) is 0.273. The minimum atomic E-state index is -0.519. The molecule has 5 heteroatoms. The quantitative estimate of drug-likeness (QED) is 0.436. The number of anilines is 1. The van der Waals surface area contributed by atoms with Crippen molar-refractivity contribution in [2.75, 3.05) is 5.32 Å². The standard InChI is InChI=1S/C11H16N4O/c1-7(16)9(12)6-8-4-2-3-5-10(8)15-11(13)14/h2-5,9H,6,12H2,1H3,(H4,13,14,15). The Morgan fingerprint density at radius 3 is 2.69 bits per heavy atom. The van der Waals surface area contributed by atoms with Crippen molar-refractivity contribution in [2.24, 2.45) is 11.5 Å². The van der Waals surface area contributed by atoms with Gasteiger partial charge in [-0.2, -0.15) is 0 Å². The zero-order chi connectivity index (χ0) is 12.1. The summed E-state index contributed by atoms with van der Waals surface area (Å²) in [5.74, 6) is -0.193. The van der Waals surface area contributed by atoms with Crippen molar-refractivity contribution in [3.63, 3.8) is 0 Å². The second kappa shape index (κ2) is 5.27. The van der Waals surface area contributed by atoms with Gasteiger partial charge in [0.25, 0.3) is 0 Å². The van der Waals surface area contributed by atoms with Crippen molar-refractivity contribution < 1.29 is 4.79 Å². The van der Waals surface area contributed by atoms with E-state index >= 15 is 0 Å². The number of para-hydroxylation sites is 1. The highest BCUT2D eigenvalue weighted by Crippen LogP contribution is 2.16. The first-order valence-corrected chi connectivity index (χ1v) is 4.95. The van der Waals surface area contributed by atoms with Gasteiger partial charge in [-0.3, -0.25) is 10.2 Å². The third kappa shape index (κ3) is 3.36. The van der Waals surface area contributed by atoms with Crippen LogP contribution >= 0.6 is 0 Å². The Morgan fingerprint density at radius 2 is 2.12 bits per heavy atom. The Morgan fingerprint density at radius 1 is 1.50 bits per heavy atom. The molecular weight excluding hydrogens is 204 g/mol. The van der Waals surface area contributed by atoms with Gasteiger partial charge in [-0.15, -0.1) is 0 Å². The molecule has 1 aromatic rings. The Hall–Kier alpha value is -1.88. The lowest BCUT2D eigenvalue weighted by Gasteiger charge is -2.13. The Balaban J connectivity index is 2.86. The molecule has 0 spiro atoms. The van der Waals surface area contributed by atoms with Gasteiger partial charge in [0.1, 0.15) is 5.78 Å². The summed E-state index contributed by atoms with van der Waals surface area (Å²) in [4.78, 5) is 11.1. The van der Waals surface area contributed by atoms with Crippen LogP contribution in [0.15, 0.2) is 24.3 Å². The van der Waals surface area contributed by atoms with E-state index in [4.69, 9.17) is 16.9 Å². The molecule has 0 aliphatic heterocycles. The van der Waals surface area contributed by atoms with Crippen molar-refractivity contribution in [3.8, 4) is 0 Å². The summed E-state index contributed by atoms with van der Waals surface area (Å²) in [6.07, 6.45) is 0.436. The third-order valence-corrected chi connectivity index (χ3v) is 2.25. The molecule has 1 unspecified atom stereocenters. The summed E-state index contributed by atoms with van der Waals surface area (Å²) in [6.45, 7) is 1.46. The maximum absolute atomic E-state index is 11.1. The van der Waals surface area contributed by atoms with Gasteiger partial charge in [0.15, 0.2) is 5.96 Å². The smallest absolute Gasteiger partial charge is 0.190 e. The first kappa shape index (κ1) is 12.2. The Labute approximate surface area is 94.3 Å². The maximum Gasteiger partial charge on any atom is 0.190 e. The average molecular weight is 220 g/mol. The Bertz CT molecular complexity index is 403. The number of hydrogen-bond acceptors (Lipinski definition) is 3. The van der Waals surface area contributed by atoms with Gasteiger partial charge in [0, 0.05) is 5.69 Å². The van der Waals surface area contributed by atoms with Gasteiger partial charge in [-0.05, 0) is 25.0 Å². The first-order chi connectivity index (χ1) is 7.50. The van der Waals surface area contributed by atoms with Crippen LogP contribution in [-0.2, 0) is 11.2 Å². The molecule has 0 fully saturated rings. The van der Waals surface area contributed by atoms with Crippen molar-refractivity contribution in [1.82, 2.24) is 0 Å². The molecule has 1 aromatic carbocycles. The second-order valence-electron chi connectivity index (χ2n) is 3.62. The number of guanidine groups is 1. The van der Waals surface area contributed by atoms with Crippen LogP contribution < -0.4 is 16.8 Å². The summed E-state index contributed by atoms with van der Waals surface area (Å²) in [7, 11) is 0. The fourth-order valence-electron chi connectivity index (χ4n) is 1.35. The average Bonchev–Trinajstić information content (AvgIpc) is 2.20. The molecule has 86 valence electrons. The minimum Gasteiger partial charge on any atom is -0.370 e. The van der Waals surface area contributed by atoms with Gasteiger partial charge < -0.3 is 16.8 Å². The monoisotopic (exact) mass is 220 g/mol. The topological polar surface area (TPSA) is 105 Å². The zero-order valence-corrected chi connectivity index (χ0v) is 9.16. The van der Waals surface area contributed by atoms with Crippen molar-refractivity contribution in [3.05, 3.63) is 29.8 Å². The van der Waals surface area contributed by atoms with Crippen LogP contribution in [0.25, 0.3) is 0 Å². The number of nitrogens with two attached hydrogens (primary N) is 2. The fourth-order valence-corrected chi connectivity index (χ4v) is 1.35. The van der Waals surface area contributed by atoms with Gasteiger partial charge in [0.05, 0.1) is 6.04 Å². The summed E-state index contributed by atoms with van der Waals surface area (Å²) in [5.41, 5.74) is 12.5. The molecule has 1 atom stereocenters. The highest BCUT2D eigenvalue weighted by molar-refractivity contribution is 5.90. The van der Waals surface area contributed by atoms with Gasteiger partial charge in [-0.1, -0.05) is 18.2 Å². The number of hydrogen-bond donors (Lipinski definition) is 4. The van der Waals surface area contributed by atoms with E-state index in [0.29, 0.717) is 12.1 Å². The highest BCUT2D eigenvalue weighted by atomic mass is 16.1. The first-order valence-electron chi connectivity index (χ1n) is 4.95. The van der Waals surface area contributed by atoms with Crippen LogP contribution in [0.2, 0.25) is 0 Å². The number of ketones is 1. The molecule has 0 saturated carbocycles. The Kier molecular flexibility index (Phi) is 4.02. The lowest BCUT2D eigenvalue weighted by molar-refractivity contribution is -0.118. The van der Waals surface area contributed by atoms with Gasteiger partial charge in [0.2, 0.25) is 0 Å². The molecule has 5 nitrogen and oxygen atoms in total. The molecule has 0 aliphatic carbocycles. The van der Waals surface area contributed by atoms with E-state index in [1.807, 2.05) is 18.2 Å². The molecule has 0 aliphatic rings. The normalized spacial score (nSPS) is 11.9. The van der Waals surface area contributed by atoms with E-state index in [1.54, 1.807) is 6.07 Å². The molecule has 0 saturated heterocycles. The number of rotatable bonds is 4. The van der Waals surface area contributed by atoms with Crippen molar-refractivity contribution >= 4 is 17.4 Å². The van der Waals surface area contributed by atoms with E-state index in [0.717, 1.165) is 5.56 Å². The van der Waals surface area contributed by atoms with Gasteiger partial charge >= 0.3 is 0 Å². The van der Waals surface area contributed by atoms with Crippen LogP contribution in [0.1, 0.15) is 12.5 Å². The number of carbonyl (C=O) groups is 1. The number of benzene rings is 1. The third-order valence-electron chi connectivity index (χ3n) is 2.25. The highest BCUT2D eigenvalue weighted by Gasteiger charge is 2.11. The zero-order valence-electron chi connectivity index (χ0n) is 9.16. The predicted octanol–water partition coefficient (Wildman–Crippen LogP) is 0.451. The largest absolute Gasteiger partial charge is 0.370 e. The summed E-state index contributed by atoms with van der Waals surface area (Å²) < 4.78 is 0. The molecule has 0 amide bonds. The number of Topliss-reactive ketones (excluding diaryl/α,β-unsaturated/α-hetero) is 1. The molecule has 16 heavy (non-hydrogen) atoms. The summed E-state index contributed by atoms with van der Waals surface area (Å²) >= 11 is 0. The van der Waals surface area contributed by atoms with Gasteiger partial charge in [-0.25, -0.2) is 0 Å². The molecule has 0 aromatic heterocycles. The number of nitrogens with one attached hydrogen (secondary N) is 2. The number of carbonyl (C=O) groups excluding carboxylic acids is 1. The SMILES string of the molecule is CC(=O)C(N)Cc1ccccc1NC(=N)N.